The second kappa shape index (κ2) is 9.87. The second-order valence-corrected chi connectivity index (χ2v) is 9.08. The van der Waals surface area contributed by atoms with Crippen molar-refractivity contribution in [2.24, 2.45) is 0 Å². The van der Waals surface area contributed by atoms with Crippen LogP contribution in [0, 0.1) is 6.92 Å². The lowest BCUT2D eigenvalue weighted by molar-refractivity contribution is -0.113. The highest BCUT2D eigenvalue weighted by atomic mass is 32.2. The third-order valence-electron chi connectivity index (χ3n) is 5.83. The molecular formula is C23H29N3O4S. The molecule has 0 radical (unpaired) electrons. The Labute approximate surface area is 186 Å². The van der Waals surface area contributed by atoms with Gasteiger partial charge in [0.15, 0.2) is 0 Å². The molecule has 0 saturated carbocycles. The molecule has 8 heteroatoms. The highest BCUT2D eigenvalue weighted by Gasteiger charge is 2.24. The average Bonchev–Trinajstić information content (AvgIpc) is 3.28. The SMILES string of the molecule is COc1ccc(C)cc1NC(=O)CSc1nc(=O)n(CC2CCCO2)c2c1CCCC2. The molecule has 1 N–H and O–H groups in total. The van der Waals surface area contributed by atoms with E-state index in [1.54, 1.807) is 7.11 Å². The summed E-state index contributed by atoms with van der Waals surface area (Å²) in [5.41, 5.74) is 3.64. The minimum Gasteiger partial charge on any atom is -0.495 e. The van der Waals surface area contributed by atoms with Crippen LogP contribution in [0.1, 0.15) is 42.5 Å². The minimum atomic E-state index is -0.237. The summed E-state index contributed by atoms with van der Waals surface area (Å²) in [6.45, 7) is 3.31. The lowest BCUT2D eigenvalue weighted by Gasteiger charge is -2.24. The van der Waals surface area contributed by atoms with E-state index in [-0.39, 0.29) is 23.5 Å². The van der Waals surface area contributed by atoms with Gasteiger partial charge in [0.05, 0.1) is 31.2 Å². The van der Waals surface area contributed by atoms with Crippen molar-refractivity contribution < 1.29 is 14.3 Å². The molecule has 4 rings (SSSR count). The summed E-state index contributed by atoms with van der Waals surface area (Å²) in [6.07, 6.45) is 6.04. The summed E-state index contributed by atoms with van der Waals surface area (Å²) in [5, 5.41) is 3.60. The molecule has 31 heavy (non-hydrogen) atoms. The third-order valence-corrected chi connectivity index (χ3v) is 6.85. The molecule has 2 aliphatic rings. The standard InChI is InChI=1S/C23H29N3O4S/c1-15-9-10-20(29-2)18(12-15)24-21(27)14-31-22-17-7-3-4-8-19(17)26(23(28)25-22)13-16-6-5-11-30-16/h9-10,12,16H,3-8,11,13-14H2,1-2H3,(H,24,27). The van der Waals surface area contributed by atoms with Crippen LogP contribution in [0.5, 0.6) is 5.75 Å². The molecule has 2 aromatic rings. The van der Waals surface area contributed by atoms with E-state index in [2.05, 4.69) is 10.3 Å². The molecule has 0 bridgehead atoms. The summed E-state index contributed by atoms with van der Waals surface area (Å²) >= 11 is 1.34. The maximum Gasteiger partial charge on any atom is 0.348 e. The van der Waals surface area contributed by atoms with Gasteiger partial charge in [-0.3, -0.25) is 9.36 Å². The van der Waals surface area contributed by atoms with E-state index in [1.807, 2.05) is 29.7 Å². The number of amides is 1. The Morgan fingerprint density at radius 1 is 1.32 bits per heavy atom. The van der Waals surface area contributed by atoms with E-state index in [4.69, 9.17) is 9.47 Å². The number of carbonyl (C=O) groups is 1. The molecule has 1 aromatic heterocycles. The van der Waals surface area contributed by atoms with E-state index < -0.39 is 0 Å². The smallest absolute Gasteiger partial charge is 0.348 e. The number of benzene rings is 1. The molecule has 1 aliphatic carbocycles. The van der Waals surface area contributed by atoms with Crippen LogP contribution in [0.15, 0.2) is 28.0 Å². The summed E-state index contributed by atoms with van der Waals surface area (Å²) in [5.74, 6) is 0.658. The lowest BCUT2D eigenvalue weighted by Crippen LogP contribution is -2.34. The number of ether oxygens (including phenoxy) is 2. The fourth-order valence-corrected chi connectivity index (χ4v) is 5.16. The fraction of sp³-hybridized carbons (Fsp3) is 0.522. The van der Waals surface area contributed by atoms with E-state index in [0.717, 1.165) is 62.0 Å². The maximum absolute atomic E-state index is 12.8. The molecule has 7 nitrogen and oxygen atoms in total. The van der Waals surface area contributed by atoms with Crippen molar-refractivity contribution in [1.29, 1.82) is 0 Å². The van der Waals surface area contributed by atoms with Crippen LogP contribution >= 0.6 is 11.8 Å². The average molecular weight is 444 g/mol. The Kier molecular flexibility index (Phi) is 6.97. The Bertz CT molecular complexity index is 1010. The van der Waals surface area contributed by atoms with Gasteiger partial charge >= 0.3 is 5.69 Å². The van der Waals surface area contributed by atoms with Crippen LogP contribution in [0.3, 0.4) is 0 Å². The van der Waals surface area contributed by atoms with E-state index in [1.165, 1.54) is 11.8 Å². The number of hydrogen-bond donors (Lipinski definition) is 1. The first kappa shape index (κ1) is 21.9. The zero-order chi connectivity index (χ0) is 21.8. The Hall–Kier alpha value is -2.32. The monoisotopic (exact) mass is 443 g/mol. The number of methoxy groups -OCH3 is 1. The number of fused-ring (bicyclic) bond motifs is 1. The number of anilines is 1. The van der Waals surface area contributed by atoms with Gasteiger partial charge < -0.3 is 14.8 Å². The maximum atomic E-state index is 12.8. The normalized spacial score (nSPS) is 17.9. The van der Waals surface area contributed by atoms with E-state index >= 15 is 0 Å². The number of hydrogen-bond acceptors (Lipinski definition) is 6. The molecule has 166 valence electrons. The van der Waals surface area contributed by atoms with Crippen molar-refractivity contribution in [3.05, 3.63) is 45.5 Å². The van der Waals surface area contributed by atoms with Gasteiger partial charge in [0.1, 0.15) is 10.8 Å². The van der Waals surface area contributed by atoms with Gasteiger partial charge in [0, 0.05) is 17.9 Å². The van der Waals surface area contributed by atoms with Crippen LogP contribution < -0.4 is 15.7 Å². The zero-order valence-corrected chi connectivity index (χ0v) is 18.9. The summed E-state index contributed by atoms with van der Waals surface area (Å²) in [4.78, 5) is 29.8. The fourth-order valence-electron chi connectivity index (χ4n) is 4.29. The van der Waals surface area contributed by atoms with Gasteiger partial charge in [-0.2, -0.15) is 4.98 Å². The largest absolute Gasteiger partial charge is 0.495 e. The highest BCUT2D eigenvalue weighted by Crippen LogP contribution is 2.30. The van der Waals surface area contributed by atoms with Gasteiger partial charge in [0.2, 0.25) is 5.91 Å². The van der Waals surface area contributed by atoms with Crippen molar-refractivity contribution in [2.45, 2.75) is 63.1 Å². The van der Waals surface area contributed by atoms with Gasteiger partial charge in [-0.15, -0.1) is 0 Å². The molecule has 1 unspecified atom stereocenters. The molecule has 1 amide bonds. The van der Waals surface area contributed by atoms with Crippen molar-refractivity contribution in [3.8, 4) is 5.75 Å². The first-order chi connectivity index (χ1) is 15.0. The predicted octanol–water partition coefficient (Wildman–Crippen LogP) is 3.35. The number of aromatic nitrogens is 2. The van der Waals surface area contributed by atoms with E-state index in [9.17, 15) is 9.59 Å². The highest BCUT2D eigenvalue weighted by molar-refractivity contribution is 8.00. The van der Waals surface area contributed by atoms with Gasteiger partial charge in [0.25, 0.3) is 0 Å². The van der Waals surface area contributed by atoms with Crippen LogP contribution in [-0.4, -0.2) is 41.0 Å². The Balaban J connectivity index is 1.49. The first-order valence-electron chi connectivity index (χ1n) is 10.9. The molecule has 1 aliphatic heterocycles. The minimum absolute atomic E-state index is 0.0964. The molecule has 2 heterocycles. The quantitative estimate of drug-likeness (QED) is 0.522. The number of nitrogens with one attached hydrogen (secondary N) is 1. The number of rotatable bonds is 7. The van der Waals surface area contributed by atoms with Crippen LogP contribution in [0.4, 0.5) is 5.69 Å². The molecule has 1 saturated heterocycles. The van der Waals surface area contributed by atoms with Crippen molar-refractivity contribution in [2.75, 3.05) is 24.8 Å². The molecular weight excluding hydrogens is 414 g/mol. The summed E-state index contributed by atoms with van der Waals surface area (Å²) in [6, 6.07) is 5.66. The number of carbonyl (C=O) groups excluding carboxylic acids is 1. The molecule has 1 aromatic carbocycles. The van der Waals surface area contributed by atoms with Crippen molar-refractivity contribution in [3.63, 3.8) is 0 Å². The first-order valence-corrected chi connectivity index (χ1v) is 11.8. The number of aryl methyl sites for hydroxylation is 1. The summed E-state index contributed by atoms with van der Waals surface area (Å²) < 4.78 is 12.9. The zero-order valence-electron chi connectivity index (χ0n) is 18.1. The Morgan fingerprint density at radius 2 is 2.16 bits per heavy atom. The lowest BCUT2D eigenvalue weighted by atomic mass is 9.97. The van der Waals surface area contributed by atoms with Gasteiger partial charge in [-0.05, 0) is 63.1 Å². The molecule has 0 spiro atoms. The predicted molar refractivity (Wildman–Crippen MR) is 121 cm³/mol. The summed E-state index contributed by atoms with van der Waals surface area (Å²) in [7, 11) is 1.58. The van der Waals surface area contributed by atoms with Crippen LogP contribution in [0.25, 0.3) is 0 Å². The second-order valence-electron chi connectivity index (χ2n) is 8.12. The number of nitrogens with zero attached hydrogens (tertiary/aromatic N) is 2. The van der Waals surface area contributed by atoms with Crippen LogP contribution in [-0.2, 0) is 28.9 Å². The molecule has 1 fully saturated rings. The van der Waals surface area contributed by atoms with Crippen molar-refractivity contribution in [1.82, 2.24) is 9.55 Å². The van der Waals surface area contributed by atoms with Crippen molar-refractivity contribution >= 4 is 23.4 Å². The Morgan fingerprint density at radius 3 is 2.94 bits per heavy atom. The number of thioether (sulfide) groups is 1. The third kappa shape index (κ3) is 5.13. The van der Waals surface area contributed by atoms with Gasteiger partial charge in [-0.1, -0.05) is 17.8 Å². The molecule has 1 atom stereocenters. The topological polar surface area (TPSA) is 82.5 Å². The van der Waals surface area contributed by atoms with Gasteiger partial charge in [-0.25, -0.2) is 4.79 Å². The van der Waals surface area contributed by atoms with Crippen LogP contribution in [0.2, 0.25) is 0 Å². The van der Waals surface area contributed by atoms with E-state index in [0.29, 0.717) is 23.0 Å².